The lowest BCUT2D eigenvalue weighted by molar-refractivity contribution is -0.141. The van der Waals surface area contributed by atoms with Gasteiger partial charge in [-0.1, -0.05) is 13.3 Å². The maximum atomic E-state index is 12.2. The molecule has 1 saturated heterocycles. The van der Waals surface area contributed by atoms with E-state index in [0.29, 0.717) is 12.6 Å². The molecule has 5 nitrogen and oxygen atoms in total. The highest BCUT2D eigenvalue weighted by molar-refractivity contribution is 5.75. The highest BCUT2D eigenvalue weighted by Crippen LogP contribution is 2.43. The first kappa shape index (κ1) is 14.2. The van der Waals surface area contributed by atoms with Gasteiger partial charge in [0.15, 0.2) is 0 Å². The van der Waals surface area contributed by atoms with Crippen LogP contribution in [0.15, 0.2) is 0 Å². The van der Waals surface area contributed by atoms with Crippen molar-refractivity contribution in [2.45, 2.75) is 57.9 Å². The normalized spacial score (nSPS) is 24.9. The first-order chi connectivity index (χ1) is 9.06. The van der Waals surface area contributed by atoms with E-state index in [9.17, 15) is 9.59 Å². The minimum atomic E-state index is -0.762. The van der Waals surface area contributed by atoms with Crippen LogP contribution in [-0.4, -0.2) is 41.1 Å². The highest BCUT2D eigenvalue weighted by atomic mass is 16.4. The van der Waals surface area contributed by atoms with E-state index in [-0.39, 0.29) is 17.9 Å². The van der Waals surface area contributed by atoms with Crippen molar-refractivity contribution in [3.05, 3.63) is 0 Å². The van der Waals surface area contributed by atoms with Gasteiger partial charge < -0.3 is 15.3 Å². The fraction of sp³-hybridized carbons (Fsp3) is 0.857. The van der Waals surface area contributed by atoms with Gasteiger partial charge in [0.1, 0.15) is 0 Å². The van der Waals surface area contributed by atoms with Gasteiger partial charge in [-0.2, -0.15) is 0 Å². The molecule has 2 amide bonds. The molecule has 0 spiro atoms. The molecule has 2 fully saturated rings. The van der Waals surface area contributed by atoms with Crippen LogP contribution in [0.4, 0.5) is 4.79 Å². The molecule has 1 heterocycles. The third-order valence-corrected chi connectivity index (χ3v) is 4.66. The van der Waals surface area contributed by atoms with Crippen LogP contribution in [-0.2, 0) is 4.79 Å². The number of likely N-dealkylation sites (tertiary alicyclic amines) is 1. The second kappa shape index (κ2) is 5.80. The monoisotopic (exact) mass is 268 g/mol. The predicted molar refractivity (Wildman–Crippen MR) is 72.0 cm³/mol. The van der Waals surface area contributed by atoms with Crippen molar-refractivity contribution in [2.24, 2.45) is 5.41 Å². The molecule has 1 saturated carbocycles. The first-order valence-corrected chi connectivity index (χ1v) is 7.32. The summed E-state index contributed by atoms with van der Waals surface area (Å²) in [5.74, 6) is -0.762. The molecular formula is C14H24N2O3. The number of aliphatic carboxylic acids is 1. The standard InChI is InChI=1S/C14H24N2O3/c1-2-11-5-3-8-16(11)13(19)15-10-14(6-4-7-14)9-12(17)18/h11H,2-10H2,1H3,(H,15,19)(H,17,18). The molecule has 0 aromatic heterocycles. The van der Waals surface area contributed by atoms with E-state index in [1.165, 1.54) is 0 Å². The van der Waals surface area contributed by atoms with Crippen LogP contribution in [0.2, 0.25) is 0 Å². The van der Waals surface area contributed by atoms with Crippen LogP contribution >= 0.6 is 0 Å². The third kappa shape index (κ3) is 3.19. The Bertz CT molecular complexity index is 353. The molecule has 1 atom stereocenters. The average molecular weight is 268 g/mol. The average Bonchev–Trinajstić information content (AvgIpc) is 2.79. The van der Waals surface area contributed by atoms with Crippen molar-refractivity contribution in [2.75, 3.05) is 13.1 Å². The second-order valence-electron chi connectivity index (χ2n) is 5.98. The Labute approximate surface area is 114 Å². The van der Waals surface area contributed by atoms with E-state index in [0.717, 1.165) is 45.1 Å². The Hall–Kier alpha value is -1.26. The van der Waals surface area contributed by atoms with Crippen LogP contribution in [0.1, 0.15) is 51.9 Å². The Balaban J connectivity index is 1.84. The molecule has 108 valence electrons. The van der Waals surface area contributed by atoms with Gasteiger partial charge >= 0.3 is 12.0 Å². The summed E-state index contributed by atoms with van der Waals surface area (Å²) in [6.07, 6.45) is 6.23. The van der Waals surface area contributed by atoms with E-state index in [2.05, 4.69) is 12.2 Å². The summed E-state index contributed by atoms with van der Waals surface area (Å²) in [6, 6.07) is 0.345. The number of carbonyl (C=O) groups is 2. The van der Waals surface area contributed by atoms with E-state index in [4.69, 9.17) is 5.11 Å². The van der Waals surface area contributed by atoms with Crippen molar-refractivity contribution in [3.8, 4) is 0 Å². The lowest BCUT2D eigenvalue weighted by Crippen LogP contribution is -2.49. The smallest absolute Gasteiger partial charge is 0.317 e. The van der Waals surface area contributed by atoms with Gasteiger partial charge in [0.05, 0.1) is 6.42 Å². The Kier molecular flexibility index (Phi) is 4.32. The van der Waals surface area contributed by atoms with Crippen molar-refractivity contribution in [1.29, 1.82) is 0 Å². The van der Waals surface area contributed by atoms with Crippen LogP contribution in [0.3, 0.4) is 0 Å². The largest absolute Gasteiger partial charge is 0.481 e. The fourth-order valence-electron chi connectivity index (χ4n) is 3.31. The molecule has 0 radical (unpaired) electrons. The van der Waals surface area contributed by atoms with Crippen LogP contribution in [0, 0.1) is 5.41 Å². The summed E-state index contributed by atoms with van der Waals surface area (Å²) in [5.41, 5.74) is -0.192. The number of urea groups is 1. The summed E-state index contributed by atoms with van der Waals surface area (Å²) in [7, 11) is 0. The molecule has 0 aromatic rings. The number of hydrogen-bond donors (Lipinski definition) is 2. The zero-order chi connectivity index (χ0) is 13.9. The second-order valence-corrected chi connectivity index (χ2v) is 5.98. The predicted octanol–water partition coefficient (Wildman–Crippen LogP) is 2.22. The van der Waals surface area contributed by atoms with Crippen LogP contribution in [0.5, 0.6) is 0 Å². The maximum absolute atomic E-state index is 12.2. The van der Waals surface area contributed by atoms with Gasteiger partial charge in [0, 0.05) is 19.1 Å². The quantitative estimate of drug-likeness (QED) is 0.803. The van der Waals surface area contributed by atoms with Crippen molar-refractivity contribution < 1.29 is 14.7 Å². The van der Waals surface area contributed by atoms with Gasteiger partial charge in [0.25, 0.3) is 0 Å². The summed E-state index contributed by atoms with van der Waals surface area (Å²) in [6.45, 7) is 3.44. The molecule has 19 heavy (non-hydrogen) atoms. The lowest BCUT2D eigenvalue weighted by Gasteiger charge is -2.41. The summed E-state index contributed by atoms with van der Waals surface area (Å²) >= 11 is 0. The third-order valence-electron chi connectivity index (χ3n) is 4.66. The van der Waals surface area contributed by atoms with Crippen LogP contribution in [0.25, 0.3) is 0 Å². The Morgan fingerprint density at radius 2 is 2.11 bits per heavy atom. The minimum absolute atomic E-state index is 0.0130. The number of nitrogens with zero attached hydrogens (tertiary/aromatic N) is 1. The zero-order valence-corrected chi connectivity index (χ0v) is 11.7. The maximum Gasteiger partial charge on any atom is 0.317 e. The Morgan fingerprint density at radius 3 is 2.63 bits per heavy atom. The number of carbonyl (C=O) groups excluding carboxylic acids is 1. The fourth-order valence-corrected chi connectivity index (χ4v) is 3.31. The zero-order valence-electron chi connectivity index (χ0n) is 11.7. The van der Waals surface area contributed by atoms with Gasteiger partial charge in [-0.25, -0.2) is 4.79 Å². The Morgan fingerprint density at radius 1 is 1.37 bits per heavy atom. The molecule has 5 heteroatoms. The molecule has 2 aliphatic rings. The number of rotatable bonds is 5. The molecule has 2 N–H and O–H groups in total. The van der Waals surface area contributed by atoms with Crippen LogP contribution < -0.4 is 5.32 Å². The van der Waals surface area contributed by atoms with Crippen molar-refractivity contribution >= 4 is 12.0 Å². The summed E-state index contributed by atoms with van der Waals surface area (Å²) < 4.78 is 0. The van der Waals surface area contributed by atoms with E-state index in [1.54, 1.807) is 0 Å². The highest BCUT2D eigenvalue weighted by Gasteiger charge is 2.40. The van der Waals surface area contributed by atoms with Gasteiger partial charge in [-0.3, -0.25) is 4.79 Å². The number of hydrogen-bond acceptors (Lipinski definition) is 2. The topological polar surface area (TPSA) is 69.6 Å². The molecule has 1 unspecified atom stereocenters. The van der Waals surface area contributed by atoms with E-state index >= 15 is 0 Å². The van der Waals surface area contributed by atoms with Gasteiger partial charge in [-0.15, -0.1) is 0 Å². The number of amides is 2. The van der Waals surface area contributed by atoms with E-state index in [1.807, 2.05) is 4.90 Å². The minimum Gasteiger partial charge on any atom is -0.481 e. The van der Waals surface area contributed by atoms with Gasteiger partial charge in [-0.05, 0) is 37.5 Å². The number of nitrogens with one attached hydrogen (secondary N) is 1. The lowest BCUT2D eigenvalue weighted by atomic mass is 9.66. The molecule has 0 bridgehead atoms. The number of carboxylic acids is 1. The van der Waals surface area contributed by atoms with Gasteiger partial charge in [0.2, 0.25) is 0 Å². The SMILES string of the molecule is CCC1CCCN1C(=O)NCC1(CC(=O)O)CCC1. The first-order valence-electron chi connectivity index (χ1n) is 7.32. The number of carboxylic acid groups (broad SMARTS) is 1. The van der Waals surface area contributed by atoms with Crippen molar-refractivity contribution in [1.82, 2.24) is 10.2 Å². The summed E-state index contributed by atoms with van der Waals surface area (Å²) in [4.78, 5) is 24.9. The molecule has 2 rings (SSSR count). The summed E-state index contributed by atoms with van der Waals surface area (Å²) in [5, 5.41) is 11.9. The molecular weight excluding hydrogens is 244 g/mol. The molecule has 1 aliphatic heterocycles. The molecule has 1 aliphatic carbocycles. The van der Waals surface area contributed by atoms with E-state index < -0.39 is 5.97 Å². The van der Waals surface area contributed by atoms with Crippen molar-refractivity contribution in [3.63, 3.8) is 0 Å². The molecule has 0 aromatic carbocycles.